The quantitative estimate of drug-likeness (QED) is 0.715. The molecule has 7 heteroatoms. The van der Waals surface area contributed by atoms with Gasteiger partial charge in [-0.05, 0) is 65.4 Å². The number of pyridine rings is 1. The summed E-state index contributed by atoms with van der Waals surface area (Å²) in [5.41, 5.74) is 1.74. The Morgan fingerprint density at radius 1 is 1.24 bits per heavy atom. The van der Waals surface area contributed by atoms with Gasteiger partial charge in [0.1, 0.15) is 6.10 Å². The van der Waals surface area contributed by atoms with Crippen LogP contribution in [0, 0.1) is 5.92 Å². The summed E-state index contributed by atoms with van der Waals surface area (Å²) in [6.07, 6.45) is 6.74. The van der Waals surface area contributed by atoms with Crippen LogP contribution < -0.4 is 15.0 Å². The number of anilines is 1. The lowest BCUT2D eigenvalue weighted by Crippen LogP contribution is -2.32. The van der Waals surface area contributed by atoms with Crippen LogP contribution in [0.5, 0.6) is 5.88 Å². The summed E-state index contributed by atoms with van der Waals surface area (Å²) in [6, 6.07) is 11.3. The first-order valence-electron chi connectivity index (χ1n) is 10.0. The third kappa shape index (κ3) is 4.78. The van der Waals surface area contributed by atoms with Crippen molar-refractivity contribution in [2.45, 2.75) is 44.8 Å². The van der Waals surface area contributed by atoms with Gasteiger partial charge in [-0.2, -0.15) is 0 Å². The molecule has 0 bridgehead atoms. The molecule has 2 aromatic rings. The molecule has 4 rings (SSSR count). The van der Waals surface area contributed by atoms with Crippen LogP contribution in [0.1, 0.15) is 37.7 Å². The Balaban J connectivity index is 1.33. The molecule has 2 amide bonds. The summed E-state index contributed by atoms with van der Waals surface area (Å²) in [7, 11) is 0. The second kappa shape index (κ2) is 8.95. The third-order valence-electron chi connectivity index (χ3n) is 5.49. The van der Waals surface area contributed by atoms with Crippen molar-refractivity contribution in [3.05, 3.63) is 52.6 Å². The summed E-state index contributed by atoms with van der Waals surface area (Å²) in [5, 5.41) is 2.96. The number of rotatable bonds is 6. The number of hydrogen-bond donors (Lipinski definition) is 1. The number of hydrogen-bond acceptors (Lipinski definition) is 4. The Morgan fingerprint density at radius 2 is 2.03 bits per heavy atom. The minimum absolute atomic E-state index is 0.0341. The van der Waals surface area contributed by atoms with Crippen molar-refractivity contribution in [1.29, 1.82) is 0 Å². The van der Waals surface area contributed by atoms with Crippen molar-refractivity contribution in [2.75, 3.05) is 11.4 Å². The van der Waals surface area contributed by atoms with E-state index in [-0.39, 0.29) is 30.3 Å². The van der Waals surface area contributed by atoms with E-state index < -0.39 is 0 Å². The van der Waals surface area contributed by atoms with Crippen molar-refractivity contribution < 1.29 is 14.3 Å². The van der Waals surface area contributed by atoms with Gasteiger partial charge in [0.2, 0.25) is 17.7 Å². The van der Waals surface area contributed by atoms with Crippen LogP contribution >= 0.6 is 15.9 Å². The number of para-hydroxylation sites is 1. The average Bonchev–Trinajstić information content (AvgIpc) is 3.36. The van der Waals surface area contributed by atoms with Crippen molar-refractivity contribution in [3.63, 3.8) is 0 Å². The number of benzene rings is 1. The molecule has 1 aliphatic carbocycles. The van der Waals surface area contributed by atoms with E-state index in [1.165, 1.54) is 12.8 Å². The molecule has 1 aromatic carbocycles. The van der Waals surface area contributed by atoms with Crippen LogP contribution in [0.3, 0.4) is 0 Å². The SMILES string of the molecule is O=C(NCc1ccnc(OC2CCCC2)c1)C1CC(=O)N(c2ccccc2Br)C1. The highest BCUT2D eigenvalue weighted by molar-refractivity contribution is 9.10. The highest BCUT2D eigenvalue weighted by atomic mass is 79.9. The largest absolute Gasteiger partial charge is 0.474 e. The van der Waals surface area contributed by atoms with Crippen LogP contribution in [0.25, 0.3) is 0 Å². The van der Waals surface area contributed by atoms with Gasteiger partial charge in [-0.1, -0.05) is 12.1 Å². The van der Waals surface area contributed by atoms with E-state index in [0.717, 1.165) is 28.6 Å². The molecule has 1 aliphatic heterocycles. The Hall–Kier alpha value is -2.41. The van der Waals surface area contributed by atoms with Crippen LogP contribution in [0.15, 0.2) is 47.1 Å². The smallest absolute Gasteiger partial charge is 0.227 e. The molecule has 0 radical (unpaired) electrons. The summed E-state index contributed by atoms with van der Waals surface area (Å²) < 4.78 is 6.78. The molecule has 1 unspecified atom stereocenters. The standard InChI is InChI=1S/C22H24BrN3O3/c23-18-7-3-4-8-19(18)26-14-16(12-21(26)27)22(28)25-13-15-9-10-24-20(11-15)29-17-5-1-2-6-17/h3-4,7-11,16-17H,1-2,5-6,12-14H2,(H,25,28). The zero-order chi connectivity index (χ0) is 20.2. The van der Waals surface area contributed by atoms with Gasteiger partial charge in [0.25, 0.3) is 0 Å². The molecule has 1 saturated heterocycles. The Morgan fingerprint density at radius 3 is 2.83 bits per heavy atom. The molecule has 2 heterocycles. The number of halogens is 1. The lowest BCUT2D eigenvalue weighted by atomic mass is 10.1. The third-order valence-corrected chi connectivity index (χ3v) is 6.17. The summed E-state index contributed by atoms with van der Waals surface area (Å²) in [4.78, 5) is 31.0. The van der Waals surface area contributed by atoms with E-state index in [2.05, 4.69) is 26.2 Å². The maximum atomic E-state index is 12.6. The summed E-state index contributed by atoms with van der Waals surface area (Å²) in [6.45, 7) is 0.780. The number of carbonyl (C=O) groups is 2. The molecule has 6 nitrogen and oxygen atoms in total. The van der Waals surface area contributed by atoms with Gasteiger partial charge in [0.15, 0.2) is 0 Å². The maximum Gasteiger partial charge on any atom is 0.227 e. The molecule has 1 saturated carbocycles. The predicted molar refractivity (Wildman–Crippen MR) is 114 cm³/mol. The predicted octanol–water partition coefficient (Wildman–Crippen LogP) is 3.83. The van der Waals surface area contributed by atoms with Crippen molar-refractivity contribution in [3.8, 4) is 5.88 Å². The number of nitrogens with zero attached hydrogens (tertiary/aromatic N) is 2. The Kier molecular flexibility index (Phi) is 6.13. The van der Waals surface area contributed by atoms with E-state index in [9.17, 15) is 9.59 Å². The lowest BCUT2D eigenvalue weighted by molar-refractivity contribution is -0.126. The van der Waals surface area contributed by atoms with E-state index in [4.69, 9.17) is 4.74 Å². The average molecular weight is 458 g/mol. The highest BCUT2D eigenvalue weighted by Gasteiger charge is 2.35. The molecule has 152 valence electrons. The second-order valence-electron chi connectivity index (χ2n) is 7.60. The van der Waals surface area contributed by atoms with Crippen molar-refractivity contribution in [2.24, 2.45) is 5.92 Å². The first kappa shape index (κ1) is 19.9. The molecule has 1 aromatic heterocycles. The fraction of sp³-hybridized carbons (Fsp3) is 0.409. The van der Waals surface area contributed by atoms with Crippen molar-refractivity contribution >= 4 is 33.4 Å². The fourth-order valence-electron chi connectivity index (χ4n) is 3.92. The monoisotopic (exact) mass is 457 g/mol. The van der Waals surface area contributed by atoms with Gasteiger partial charge in [0, 0.05) is 36.2 Å². The first-order valence-corrected chi connectivity index (χ1v) is 10.8. The zero-order valence-corrected chi connectivity index (χ0v) is 17.7. The molecule has 1 atom stereocenters. The highest BCUT2D eigenvalue weighted by Crippen LogP contribution is 2.31. The van der Waals surface area contributed by atoms with Crippen LogP contribution in [0.4, 0.5) is 5.69 Å². The van der Waals surface area contributed by atoms with Gasteiger partial charge in [0.05, 0.1) is 11.6 Å². The van der Waals surface area contributed by atoms with Gasteiger partial charge in [-0.25, -0.2) is 4.98 Å². The van der Waals surface area contributed by atoms with Gasteiger partial charge in [-0.15, -0.1) is 0 Å². The van der Waals surface area contributed by atoms with E-state index in [1.807, 2.05) is 36.4 Å². The lowest BCUT2D eigenvalue weighted by Gasteiger charge is -2.18. The zero-order valence-electron chi connectivity index (χ0n) is 16.1. The molecule has 29 heavy (non-hydrogen) atoms. The number of aromatic nitrogens is 1. The topological polar surface area (TPSA) is 71.5 Å². The minimum Gasteiger partial charge on any atom is -0.474 e. The first-order chi connectivity index (χ1) is 14.1. The van der Waals surface area contributed by atoms with Gasteiger partial charge in [-0.3, -0.25) is 9.59 Å². The molecule has 1 N–H and O–H groups in total. The number of nitrogens with one attached hydrogen (secondary N) is 1. The van der Waals surface area contributed by atoms with E-state index in [1.54, 1.807) is 11.1 Å². The summed E-state index contributed by atoms with van der Waals surface area (Å²) >= 11 is 3.48. The van der Waals surface area contributed by atoms with Gasteiger partial charge < -0.3 is 15.0 Å². The fourth-order valence-corrected chi connectivity index (χ4v) is 4.42. The molecular formula is C22H24BrN3O3. The molecule has 2 aliphatic rings. The van der Waals surface area contributed by atoms with Crippen molar-refractivity contribution in [1.82, 2.24) is 10.3 Å². The van der Waals surface area contributed by atoms with Crippen LogP contribution in [-0.4, -0.2) is 29.4 Å². The van der Waals surface area contributed by atoms with Gasteiger partial charge >= 0.3 is 0 Å². The van der Waals surface area contributed by atoms with E-state index >= 15 is 0 Å². The number of carbonyl (C=O) groups excluding carboxylic acids is 2. The number of ether oxygens (including phenoxy) is 1. The maximum absolute atomic E-state index is 12.6. The minimum atomic E-state index is -0.356. The Labute approximate surface area is 178 Å². The molecular weight excluding hydrogens is 434 g/mol. The molecule has 2 fully saturated rings. The van der Waals surface area contributed by atoms with Crippen LogP contribution in [-0.2, 0) is 16.1 Å². The second-order valence-corrected chi connectivity index (χ2v) is 8.46. The molecule has 0 spiro atoms. The van der Waals surface area contributed by atoms with Crippen LogP contribution in [0.2, 0.25) is 0 Å². The Bertz CT molecular complexity index is 898. The summed E-state index contributed by atoms with van der Waals surface area (Å²) in [5.74, 6) is 0.113. The van der Waals surface area contributed by atoms with E-state index in [0.29, 0.717) is 19.0 Å². The normalized spacial score (nSPS) is 19.6. The number of amides is 2.